The van der Waals surface area contributed by atoms with Gasteiger partial charge >= 0.3 is 6.36 Å². The molecule has 1 saturated heterocycles. The monoisotopic (exact) mass is 563 g/mol. The van der Waals surface area contributed by atoms with Gasteiger partial charge in [-0.05, 0) is 79.5 Å². The number of rotatable bonds is 5. The van der Waals surface area contributed by atoms with E-state index in [0.717, 1.165) is 12.1 Å². The number of alkyl halides is 3. The topological polar surface area (TPSA) is 45.7 Å². The first-order chi connectivity index (χ1) is 18.5. The molecule has 2 aliphatic heterocycles. The van der Waals surface area contributed by atoms with Crippen LogP contribution in [0.5, 0.6) is 5.75 Å². The van der Waals surface area contributed by atoms with Gasteiger partial charge in [0.15, 0.2) is 11.6 Å². The van der Waals surface area contributed by atoms with E-state index in [9.17, 15) is 26.7 Å². The first-order valence-corrected chi connectivity index (χ1v) is 12.6. The van der Waals surface area contributed by atoms with Crippen LogP contribution in [0.1, 0.15) is 34.3 Å². The average Bonchev–Trinajstić information content (AvgIpc) is 3.19. The number of ether oxygens (including phenoxy) is 1. The molecule has 11 heteroatoms. The number of pyridine rings is 1. The fourth-order valence-corrected chi connectivity index (χ4v) is 5.44. The molecule has 2 aromatic carbocycles. The van der Waals surface area contributed by atoms with E-state index < -0.39 is 23.4 Å². The Morgan fingerprint density at radius 3 is 2.51 bits per heavy atom. The maximum atomic E-state index is 13.5. The number of fused-ring (bicyclic) bond motifs is 2. The molecule has 1 spiro atoms. The third kappa shape index (κ3) is 5.91. The van der Waals surface area contributed by atoms with Crippen LogP contribution >= 0.6 is 11.6 Å². The second-order valence-electron chi connectivity index (χ2n) is 9.64. The number of amides is 1. The van der Waals surface area contributed by atoms with Crippen molar-refractivity contribution in [1.82, 2.24) is 9.88 Å². The maximum Gasteiger partial charge on any atom is 0.573 e. The highest BCUT2D eigenvalue weighted by molar-refractivity contribution is 6.29. The van der Waals surface area contributed by atoms with Crippen LogP contribution in [0.3, 0.4) is 0 Å². The van der Waals surface area contributed by atoms with Crippen molar-refractivity contribution < 1.29 is 31.5 Å². The van der Waals surface area contributed by atoms with Crippen LogP contribution in [0.15, 0.2) is 60.8 Å². The zero-order valence-electron chi connectivity index (χ0n) is 20.5. The quantitative estimate of drug-likeness (QED) is 0.259. The highest BCUT2D eigenvalue weighted by atomic mass is 35.5. The average molecular weight is 564 g/mol. The number of aromatic nitrogens is 1. The third-order valence-electron chi connectivity index (χ3n) is 7.17. The number of benzene rings is 2. The van der Waals surface area contributed by atoms with Crippen LogP contribution in [0.25, 0.3) is 6.08 Å². The number of hydrogen-bond acceptors (Lipinski definition) is 4. The molecule has 0 unspecified atom stereocenters. The Morgan fingerprint density at radius 2 is 1.82 bits per heavy atom. The molecule has 0 N–H and O–H groups in total. The molecule has 0 radical (unpaired) electrons. The van der Waals surface area contributed by atoms with Crippen molar-refractivity contribution in [3.05, 3.63) is 94.3 Å². The normalized spacial score (nSPS) is 17.1. The summed E-state index contributed by atoms with van der Waals surface area (Å²) in [5, 5.41) is 0.161. The largest absolute Gasteiger partial charge is 0.573 e. The molecule has 0 aliphatic carbocycles. The predicted molar refractivity (Wildman–Crippen MR) is 137 cm³/mol. The summed E-state index contributed by atoms with van der Waals surface area (Å²) in [4.78, 5) is 21.1. The van der Waals surface area contributed by atoms with Crippen molar-refractivity contribution in [3.63, 3.8) is 0 Å². The molecule has 204 valence electrons. The molecule has 5 rings (SSSR count). The molecule has 3 heterocycles. The van der Waals surface area contributed by atoms with E-state index in [-0.39, 0.29) is 16.8 Å². The molecule has 1 amide bonds. The van der Waals surface area contributed by atoms with Crippen LogP contribution < -0.4 is 9.64 Å². The summed E-state index contributed by atoms with van der Waals surface area (Å²) in [5.74, 6) is -2.48. The van der Waals surface area contributed by atoms with Gasteiger partial charge in [-0.15, -0.1) is 13.2 Å². The lowest BCUT2D eigenvalue weighted by atomic mass is 9.74. The molecule has 1 aromatic heterocycles. The lowest BCUT2D eigenvalue weighted by Gasteiger charge is -2.39. The molecular weight excluding hydrogens is 541 g/mol. The van der Waals surface area contributed by atoms with Gasteiger partial charge in [-0.2, -0.15) is 0 Å². The number of halogens is 6. The number of piperidine rings is 1. The number of carbonyl (C=O) groups excluding carboxylic acids is 1. The molecule has 0 atom stereocenters. The van der Waals surface area contributed by atoms with Crippen molar-refractivity contribution >= 4 is 29.3 Å². The van der Waals surface area contributed by atoms with E-state index in [2.05, 4.69) is 14.6 Å². The summed E-state index contributed by atoms with van der Waals surface area (Å²) < 4.78 is 69.7. The smallest absolute Gasteiger partial charge is 0.406 e. The van der Waals surface area contributed by atoms with E-state index in [1.807, 2.05) is 6.08 Å². The maximum absolute atomic E-state index is 13.5. The van der Waals surface area contributed by atoms with Gasteiger partial charge in [0.2, 0.25) is 0 Å². The Labute approximate surface area is 226 Å². The van der Waals surface area contributed by atoms with Crippen molar-refractivity contribution in [2.75, 3.05) is 31.1 Å². The number of carbonyl (C=O) groups is 1. The molecular formula is C28H23ClF5N3O2. The summed E-state index contributed by atoms with van der Waals surface area (Å²) >= 11 is 5.98. The van der Waals surface area contributed by atoms with Crippen LogP contribution in [0.4, 0.5) is 27.6 Å². The van der Waals surface area contributed by atoms with E-state index >= 15 is 0 Å². The summed E-state index contributed by atoms with van der Waals surface area (Å²) in [7, 11) is 0. The van der Waals surface area contributed by atoms with E-state index in [0.29, 0.717) is 61.4 Å². The minimum atomic E-state index is -4.84. The zero-order chi connectivity index (χ0) is 27.8. The fraction of sp³-hybridized carbons (Fsp3) is 0.286. The van der Waals surface area contributed by atoms with Gasteiger partial charge < -0.3 is 9.64 Å². The van der Waals surface area contributed by atoms with Gasteiger partial charge in [-0.1, -0.05) is 29.8 Å². The van der Waals surface area contributed by atoms with Crippen LogP contribution in [-0.2, 0) is 5.41 Å². The van der Waals surface area contributed by atoms with E-state index in [1.54, 1.807) is 17.0 Å². The second-order valence-corrected chi connectivity index (χ2v) is 10.0. The Hall–Kier alpha value is -3.50. The Bertz CT molecular complexity index is 1420. The highest BCUT2D eigenvalue weighted by Crippen LogP contribution is 2.49. The number of hydrogen-bond donors (Lipinski definition) is 0. The first kappa shape index (κ1) is 27.1. The standard InChI is InChI=1S/C28H23ClF5N3O2/c29-25-15-19(7-10-35-25)26(38)37-17-27(21-16-20(4-6-24(21)37)39-28(32,33)34)8-12-36(13-9-27)11-1-2-18-3-5-22(30)23(31)14-18/h1-7,10,14-16H,8-9,11-13,17H2. The summed E-state index contributed by atoms with van der Waals surface area (Å²) in [5.41, 5.74) is 1.47. The zero-order valence-corrected chi connectivity index (χ0v) is 21.3. The minimum Gasteiger partial charge on any atom is -0.406 e. The fourth-order valence-electron chi connectivity index (χ4n) is 5.26. The molecule has 0 bridgehead atoms. The lowest BCUT2D eigenvalue weighted by molar-refractivity contribution is -0.274. The Morgan fingerprint density at radius 1 is 1.05 bits per heavy atom. The van der Waals surface area contributed by atoms with Crippen LogP contribution in [-0.4, -0.2) is 48.3 Å². The van der Waals surface area contributed by atoms with Crippen LogP contribution in [0, 0.1) is 11.6 Å². The van der Waals surface area contributed by atoms with Crippen molar-refractivity contribution in [2.45, 2.75) is 24.6 Å². The first-order valence-electron chi connectivity index (χ1n) is 12.2. The third-order valence-corrected chi connectivity index (χ3v) is 7.38. The lowest BCUT2D eigenvalue weighted by Crippen LogP contribution is -2.46. The van der Waals surface area contributed by atoms with Gasteiger partial charge in [-0.3, -0.25) is 9.69 Å². The molecule has 5 nitrogen and oxygen atoms in total. The van der Waals surface area contributed by atoms with Gasteiger partial charge in [0, 0.05) is 36.0 Å². The molecule has 0 saturated carbocycles. The molecule has 2 aliphatic rings. The Balaban J connectivity index is 1.36. The molecule has 39 heavy (non-hydrogen) atoms. The van der Waals surface area contributed by atoms with Crippen molar-refractivity contribution in [2.24, 2.45) is 0 Å². The van der Waals surface area contributed by atoms with E-state index in [1.165, 1.54) is 36.5 Å². The van der Waals surface area contributed by atoms with Crippen LogP contribution in [0.2, 0.25) is 5.15 Å². The number of nitrogens with zero attached hydrogens (tertiary/aromatic N) is 3. The second kappa shape index (κ2) is 10.6. The minimum absolute atomic E-state index is 0.161. The van der Waals surface area contributed by atoms with Crippen molar-refractivity contribution in [1.29, 1.82) is 0 Å². The van der Waals surface area contributed by atoms with Crippen molar-refractivity contribution in [3.8, 4) is 5.75 Å². The molecule has 3 aromatic rings. The number of likely N-dealkylation sites (tertiary alicyclic amines) is 1. The van der Waals surface area contributed by atoms with Gasteiger partial charge in [0.25, 0.3) is 5.91 Å². The summed E-state index contributed by atoms with van der Waals surface area (Å²) in [6.45, 7) is 2.09. The SMILES string of the molecule is O=C(c1ccnc(Cl)c1)N1CC2(CCN(CC=Cc3ccc(F)c(F)c3)CC2)c2cc(OC(F)(F)F)ccc21. The summed E-state index contributed by atoms with van der Waals surface area (Å²) in [6, 6.07) is 10.8. The number of anilines is 1. The predicted octanol–water partition coefficient (Wildman–Crippen LogP) is 6.62. The van der Waals surface area contributed by atoms with Gasteiger partial charge in [0.1, 0.15) is 10.9 Å². The van der Waals surface area contributed by atoms with Gasteiger partial charge in [-0.25, -0.2) is 13.8 Å². The highest BCUT2D eigenvalue weighted by Gasteiger charge is 2.47. The Kier molecular flexibility index (Phi) is 7.35. The molecule has 1 fully saturated rings. The summed E-state index contributed by atoms with van der Waals surface area (Å²) in [6.07, 6.45) is 1.33. The van der Waals surface area contributed by atoms with Gasteiger partial charge in [0.05, 0.1) is 0 Å². The van der Waals surface area contributed by atoms with E-state index in [4.69, 9.17) is 11.6 Å².